The molecule has 0 radical (unpaired) electrons. The third kappa shape index (κ3) is 3.24. The maximum atomic E-state index is 6.11. The molecule has 0 aliphatic rings. The number of anilines is 1. The molecule has 17 heavy (non-hydrogen) atoms. The van der Waals surface area contributed by atoms with Crippen LogP contribution in [0.3, 0.4) is 0 Å². The zero-order valence-electron chi connectivity index (χ0n) is 9.91. The maximum Gasteiger partial charge on any atom is 0.0455 e. The van der Waals surface area contributed by atoms with Crippen LogP contribution in [0.1, 0.15) is 18.1 Å². The van der Waals surface area contributed by atoms with Gasteiger partial charge in [0.05, 0.1) is 0 Å². The van der Waals surface area contributed by atoms with Gasteiger partial charge in [0.15, 0.2) is 0 Å². The van der Waals surface area contributed by atoms with Crippen LogP contribution in [0.4, 0.5) is 5.69 Å². The Kier molecular flexibility index (Phi) is 4.05. The first-order valence-corrected chi connectivity index (χ1v) is 6.23. The first kappa shape index (κ1) is 12.0. The topological polar surface area (TPSA) is 12.0 Å². The Labute approximate surface area is 107 Å². The van der Waals surface area contributed by atoms with Crippen molar-refractivity contribution in [3.63, 3.8) is 0 Å². The molecule has 2 rings (SSSR count). The summed E-state index contributed by atoms with van der Waals surface area (Å²) in [4.78, 5) is 0. The molecule has 0 atom stereocenters. The van der Waals surface area contributed by atoms with Crippen LogP contribution in [0.25, 0.3) is 0 Å². The van der Waals surface area contributed by atoms with Crippen molar-refractivity contribution < 1.29 is 0 Å². The van der Waals surface area contributed by atoms with E-state index in [1.54, 1.807) is 0 Å². The van der Waals surface area contributed by atoms with E-state index in [1.807, 2.05) is 24.3 Å². The van der Waals surface area contributed by atoms with Crippen LogP contribution >= 0.6 is 11.6 Å². The minimum Gasteiger partial charge on any atom is -0.381 e. The lowest BCUT2D eigenvalue weighted by Crippen LogP contribution is -2.00. The molecule has 2 aromatic carbocycles. The van der Waals surface area contributed by atoms with E-state index in [-0.39, 0.29) is 0 Å². The summed E-state index contributed by atoms with van der Waals surface area (Å²) in [6.07, 6.45) is 1.06. The van der Waals surface area contributed by atoms with Gasteiger partial charge in [-0.1, -0.05) is 48.9 Å². The number of benzene rings is 2. The lowest BCUT2D eigenvalue weighted by Gasteiger charge is -2.09. The predicted molar refractivity (Wildman–Crippen MR) is 74.6 cm³/mol. The molecular weight excluding hydrogens is 230 g/mol. The number of hydrogen-bond acceptors (Lipinski definition) is 1. The summed E-state index contributed by atoms with van der Waals surface area (Å²) >= 11 is 6.11. The molecule has 0 saturated carbocycles. The highest BCUT2D eigenvalue weighted by Crippen LogP contribution is 2.17. The van der Waals surface area contributed by atoms with E-state index < -0.39 is 0 Å². The van der Waals surface area contributed by atoms with Crippen molar-refractivity contribution in [2.45, 2.75) is 19.9 Å². The molecule has 0 heterocycles. The summed E-state index contributed by atoms with van der Waals surface area (Å²) in [5.74, 6) is 0. The van der Waals surface area contributed by atoms with Gasteiger partial charge in [0.2, 0.25) is 0 Å². The first-order chi connectivity index (χ1) is 8.29. The summed E-state index contributed by atoms with van der Waals surface area (Å²) in [6.45, 7) is 2.92. The number of hydrogen-bond donors (Lipinski definition) is 1. The maximum absolute atomic E-state index is 6.11. The second kappa shape index (κ2) is 5.74. The van der Waals surface area contributed by atoms with Gasteiger partial charge in [-0.05, 0) is 35.7 Å². The average molecular weight is 246 g/mol. The molecule has 0 bridgehead atoms. The van der Waals surface area contributed by atoms with E-state index in [9.17, 15) is 0 Å². The molecule has 0 spiro atoms. The van der Waals surface area contributed by atoms with Gasteiger partial charge in [-0.3, -0.25) is 0 Å². The van der Waals surface area contributed by atoms with Gasteiger partial charge >= 0.3 is 0 Å². The highest BCUT2D eigenvalue weighted by molar-refractivity contribution is 6.31. The number of aryl methyl sites for hydroxylation is 1. The standard InChI is InChI=1S/C15H16ClN/c1-2-12-6-5-8-14(10-12)17-11-13-7-3-4-9-15(13)16/h3-10,17H,2,11H2,1H3. The fourth-order valence-electron chi connectivity index (χ4n) is 1.74. The monoisotopic (exact) mass is 245 g/mol. The van der Waals surface area contributed by atoms with E-state index in [0.717, 1.165) is 29.2 Å². The van der Waals surface area contributed by atoms with E-state index in [2.05, 4.69) is 36.5 Å². The van der Waals surface area contributed by atoms with Gasteiger partial charge in [0.25, 0.3) is 0 Å². The second-order valence-corrected chi connectivity index (χ2v) is 4.41. The molecule has 2 aromatic rings. The molecule has 1 nitrogen and oxygen atoms in total. The van der Waals surface area contributed by atoms with Crippen molar-refractivity contribution >= 4 is 17.3 Å². The van der Waals surface area contributed by atoms with Crippen molar-refractivity contribution in [2.24, 2.45) is 0 Å². The van der Waals surface area contributed by atoms with Gasteiger partial charge in [-0.2, -0.15) is 0 Å². The summed E-state index contributed by atoms with van der Waals surface area (Å²) in [5, 5.41) is 4.20. The molecule has 0 aliphatic carbocycles. The predicted octanol–water partition coefficient (Wildman–Crippen LogP) is 4.51. The van der Waals surface area contributed by atoms with E-state index >= 15 is 0 Å². The molecular formula is C15H16ClN. The average Bonchev–Trinajstić information content (AvgIpc) is 2.38. The Bertz CT molecular complexity index is 494. The highest BCUT2D eigenvalue weighted by atomic mass is 35.5. The Hall–Kier alpha value is -1.47. The van der Waals surface area contributed by atoms with E-state index in [4.69, 9.17) is 11.6 Å². The fraction of sp³-hybridized carbons (Fsp3) is 0.200. The summed E-state index contributed by atoms with van der Waals surface area (Å²) in [5.41, 5.74) is 3.61. The molecule has 0 fully saturated rings. The molecule has 0 amide bonds. The van der Waals surface area contributed by atoms with E-state index in [1.165, 1.54) is 5.56 Å². The van der Waals surface area contributed by atoms with Crippen molar-refractivity contribution in [3.8, 4) is 0 Å². The van der Waals surface area contributed by atoms with Gasteiger partial charge in [-0.15, -0.1) is 0 Å². The minimum absolute atomic E-state index is 0.757. The molecule has 2 heteroatoms. The second-order valence-electron chi connectivity index (χ2n) is 4.00. The largest absolute Gasteiger partial charge is 0.381 e. The molecule has 0 aromatic heterocycles. The van der Waals surface area contributed by atoms with Gasteiger partial charge in [0, 0.05) is 17.3 Å². The smallest absolute Gasteiger partial charge is 0.0455 e. The van der Waals surface area contributed by atoms with Crippen LogP contribution in [0.5, 0.6) is 0 Å². The normalized spacial score (nSPS) is 10.2. The van der Waals surface area contributed by atoms with Gasteiger partial charge in [0.1, 0.15) is 0 Å². The Morgan fingerprint density at radius 3 is 2.65 bits per heavy atom. The SMILES string of the molecule is CCc1cccc(NCc2ccccc2Cl)c1. The number of rotatable bonds is 4. The molecule has 88 valence electrons. The zero-order chi connectivity index (χ0) is 12.1. The van der Waals surface area contributed by atoms with Crippen LogP contribution in [0, 0.1) is 0 Å². The quantitative estimate of drug-likeness (QED) is 0.836. The zero-order valence-corrected chi connectivity index (χ0v) is 10.7. The Morgan fingerprint density at radius 1 is 1.06 bits per heavy atom. The van der Waals surface area contributed by atoms with E-state index in [0.29, 0.717) is 0 Å². The van der Waals surface area contributed by atoms with Crippen LogP contribution in [0.15, 0.2) is 48.5 Å². The van der Waals surface area contributed by atoms with Crippen LogP contribution in [-0.4, -0.2) is 0 Å². The molecule has 0 saturated heterocycles. The van der Waals surface area contributed by atoms with Crippen molar-refractivity contribution in [2.75, 3.05) is 5.32 Å². The molecule has 0 aliphatic heterocycles. The van der Waals surface area contributed by atoms with Crippen molar-refractivity contribution in [3.05, 3.63) is 64.7 Å². The Balaban J connectivity index is 2.05. The number of nitrogens with one attached hydrogen (secondary N) is 1. The third-order valence-electron chi connectivity index (χ3n) is 2.78. The third-order valence-corrected chi connectivity index (χ3v) is 3.14. The van der Waals surface area contributed by atoms with Gasteiger partial charge < -0.3 is 5.32 Å². The van der Waals surface area contributed by atoms with Crippen molar-refractivity contribution in [1.29, 1.82) is 0 Å². The lowest BCUT2D eigenvalue weighted by molar-refractivity contribution is 1.12. The first-order valence-electron chi connectivity index (χ1n) is 5.86. The van der Waals surface area contributed by atoms with Gasteiger partial charge in [-0.25, -0.2) is 0 Å². The minimum atomic E-state index is 0.757. The summed E-state index contributed by atoms with van der Waals surface area (Å²) in [7, 11) is 0. The van der Waals surface area contributed by atoms with Crippen molar-refractivity contribution in [1.82, 2.24) is 0 Å². The summed E-state index contributed by atoms with van der Waals surface area (Å²) in [6, 6.07) is 16.4. The van der Waals surface area contributed by atoms with Crippen LogP contribution in [0.2, 0.25) is 5.02 Å². The lowest BCUT2D eigenvalue weighted by atomic mass is 10.1. The molecule has 0 unspecified atom stereocenters. The number of halogens is 1. The Morgan fingerprint density at radius 2 is 1.88 bits per heavy atom. The summed E-state index contributed by atoms with van der Waals surface area (Å²) < 4.78 is 0. The van der Waals surface area contributed by atoms with Crippen LogP contribution in [-0.2, 0) is 13.0 Å². The molecule has 1 N–H and O–H groups in total. The highest BCUT2D eigenvalue weighted by Gasteiger charge is 1.99. The fourth-order valence-corrected chi connectivity index (χ4v) is 1.94. The van der Waals surface area contributed by atoms with Crippen LogP contribution < -0.4 is 5.32 Å².